The summed E-state index contributed by atoms with van der Waals surface area (Å²) >= 11 is 4.19. The standard InChI is InChI=1S/C11H21NO2S/c1-11(2,3)14-10(13)12-9-6-8(7-9)4-5-15/h8-9,15H,4-7H2,1-3H3,(H,12,13). The molecule has 0 aromatic carbocycles. The van der Waals surface area contributed by atoms with Gasteiger partial charge in [-0.05, 0) is 51.7 Å². The van der Waals surface area contributed by atoms with Crippen LogP contribution in [0.3, 0.4) is 0 Å². The highest BCUT2D eigenvalue weighted by Gasteiger charge is 2.30. The zero-order valence-corrected chi connectivity index (χ0v) is 10.6. The molecule has 15 heavy (non-hydrogen) atoms. The van der Waals surface area contributed by atoms with E-state index >= 15 is 0 Å². The molecule has 0 atom stereocenters. The molecule has 0 heterocycles. The maximum atomic E-state index is 11.4. The van der Waals surface area contributed by atoms with Gasteiger partial charge in [-0.1, -0.05) is 0 Å². The first-order valence-electron chi connectivity index (χ1n) is 5.51. The Balaban J connectivity index is 2.14. The summed E-state index contributed by atoms with van der Waals surface area (Å²) in [6, 6.07) is 0.310. The van der Waals surface area contributed by atoms with Gasteiger partial charge >= 0.3 is 6.09 Å². The van der Waals surface area contributed by atoms with Crippen LogP contribution in [-0.2, 0) is 4.74 Å². The van der Waals surface area contributed by atoms with Gasteiger partial charge in [0.15, 0.2) is 0 Å². The number of alkyl carbamates (subject to hydrolysis) is 1. The number of ether oxygens (including phenoxy) is 1. The Morgan fingerprint density at radius 1 is 1.47 bits per heavy atom. The highest BCUT2D eigenvalue weighted by molar-refractivity contribution is 7.80. The third kappa shape index (κ3) is 4.78. The van der Waals surface area contributed by atoms with Crippen molar-refractivity contribution in [1.82, 2.24) is 5.32 Å². The maximum absolute atomic E-state index is 11.4. The lowest BCUT2D eigenvalue weighted by Crippen LogP contribution is -2.46. The predicted molar refractivity (Wildman–Crippen MR) is 64.4 cm³/mol. The van der Waals surface area contributed by atoms with Crippen LogP contribution in [0.2, 0.25) is 0 Å². The first-order chi connectivity index (χ1) is 6.90. The van der Waals surface area contributed by atoms with Crippen molar-refractivity contribution in [2.24, 2.45) is 5.92 Å². The lowest BCUT2D eigenvalue weighted by atomic mass is 9.79. The van der Waals surface area contributed by atoms with E-state index in [4.69, 9.17) is 4.74 Å². The molecule has 3 nitrogen and oxygen atoms in total. The summed E-state index contributed by atoms with van der Waals surface area (Å²) in [5.41, 5.74) is -0.404. The van der Waals surface area contributed by atoms with Crippen molar-refractivity contribution < 1.29 is 9.53 Å². The monoisotopic (exact) mass is 231 g/mol. The van der Waals surface area contributed by atoms with Crippen LogP contribution < -0.4 is 5.32 Å². The highest BCUT2D eigenvalue weighted by Crippen LogP contribution is 2.30. The summed E-state index contributed by atoms with van der Waals surface area (Å²) in [6.07, 6.45) is 2.99. The summed E-state index contributed by atoms with van der Waals surface area (Å²) in [7, 11) is 0. The van der Waals surface area contributed by atoms with Crippen LogP contribution in [0.5, 0.6) is 0 Å². The summed E-state index contributed by atoms with van der Waals surface area (Å²) in [5, 5.41) is 2.88. The van der Waals surface area contributed by atoms with Crippen LogP contribution >= 0.6 is 12.6 Å². The van der Waals surface area contributed by atoms with Gasteiger partial charge < -0.3 is 10.1 Å². The van der Waals surface area contributed by atoms with Gasteiger partial charge in [-0.25, -0.2) is 4.79 Å². The van der Waals surface area contributed by atoms with E-state index in [9.17, 15) is 4.79 Å². The van der Waals surface area contributed by atoms with Crippen molar-refractivity contribution >= 4 is 18.7 Å². The van der Waals surface area contributed by atoms with Gasteiger partial charge in [0.2, 0.25) is 0 Å². The number of hydrogen-bond acceptors (Lipinski definition) is 3. The molecule has 1 N–H and O–H groups in total. The smallest absolute Gasteiger partial charge is 0.407 e. The van der Waals surface area contributed by atoms with Gasteiger partial charge in [0, 0.05) is 6.04 Å². The Bertz CT molecular complexity index is 219. The fraction of sp³-hybridized carbons (Fsp3) is 0.909. The van der Waals surface area contributed by atoms with E-state index < -0.39 is 5.60 Å². The molecule has 1 amide bonds. The number of rotatable bonds is 3. The fourth-order valence-corrected chi connectivity index (χ4v) is 2.11. The second kappa shape index (κ2) is 5.10. The van der Waals surface area contributed by atoms with E-state index in [-0.39, 0.29) is 6.09 Å². The topological polar surface area (TPSA) is 38.3 Å². The molecule has 0 radical (unpaired) electrons. The molecule has 0 bridgehead atoms. The second-order valence-corrected chi connectivity index (χ2v) is 5.64. The molecule has 1 aliphatic carbocycles. The van der Waals surface area contributed by atoms with Crippen molar-refractivity contribution in [1.29, 1.82) is 0 Å². The normalized spacial score (nSPS) is 25.6. The van der Waals surface area contributed by atoms with Crippen LogP contribution in [0.25, 0.3) is 0 Å². The SMILES string of the molecule is CC(C)(C)OC(=O)NC1CC(CCS)C1. The van der Waals surface area contributed by atoms with Crippen LogP contribution in [-0.4, -0.2) is 23.5 Å². The van der Waals surface area contributed by atoms with E-state index in [1.165, 1.54) is 0 Å². The molecular formula is C11H21NO2S. The molecule has 0 aromatic heterocycles. The fourth-order valence-electron chi connectivity index (χ4n) is 1.75. The lowest BCUT2D eigenvalue weighted by Gasteiger charge is -2.36. The number of carbonyl (C=O) groups is 1. The highest BCUT2D eigenvalue weighted by atomic mass is 32.1. The molecule has 0 aromatic rings. The van der Waals surface area contributed by atoms with Crippen molar-refractivity contribution in [2.75, 3.05) is 5.75 Å². The largest absolute Gasteiger partial charge is 0.444 e. The van der Waals surface area contributed by atoms with Crippen molar-refractivity contribution in [2.45, 2.75) is 51.7 Å². The first-order valence-corrected chi connectivity index (χ1v) is 6.14. The van der Waals surface area contributed by atoms with E-state index in [1.807, 2.05) is 20.8 Å². The van der Waals surface area contributed by atoms with Gasteiger partial charge in [0.25, 0.3) is 0 Å². The predicted octanol–water partition coefficient (Wildman–Crippen LogP) is 2.61. The molecule has 1 aliphatic rings. The molecule has 4 heteroatoms. The molecular weight excluding hydrogens is 210 g/mol. The van der Waals surface area contributed by atoms with Crippen LogP contribution in [0, 0.1) is 5.92 Å². The molecule has 1 rings (SSSR count). The first kappa shape index (κ1) is 12.7. The Morgan fingerprint density at radius 3 is 2.53 bits per heavy atom. The number of hydrogen-bond donors (Lipinski definition) is 2. The van der Waals surface area contributed by atoms with Gasteiger partial charge in [-0.3, -0.25) is 0 Å². The van der Waals surface area contributed by atoms with Crippen molar-refractivity contribution in [3.63, 3.8) is 0 Å². The second-order valence-electron chi connectivity index (χ2n) is 5.19. The third-order valence-electron chi connectivity index (χ3n) is 2.49. The minimum Gasteiger partial charge on any atom is -0.444 e. The summed E-state index contributed by atoms with van der Waals surface area (Å²) in [4.78, 5) is 11.4. The van der Waals surface area contributed by atoms with Crippen LogP contribution in [0.4, 0.5) is 4.79 Å². The van der Waals surface area contributed by atoms with E-state index in [0.29, 0.717) is 6.04 Å². The molecule has 0 saturated heterocycles. The maximum Gasteiger partial charge on any atom is 0.407 e. The number of nitrogens with one attached hydrogen (secondary N) is 1. The van der Waals surface area contributed by atoms with Crippen molar-refractivity contribution in [3.05, 3.63) is 0 Å². The lowest BCUT2D eigenvalue weighted by molar-refractivity contribution is 0.0451. The van der Waals surface area contributed by atoms with Gasteiger partial charge in [0.1, 0.15) is 5.60 Å². The van der Waals surface area contributed by atoms with Crippen LogP contribution in [0.15, 0.2) is 0 Å². The number of thiol groups is 1. The quantitative estimate of drug-likeness (QED) is 0.733. The van der Waals surface area contributed by atoms with Gasteiger partial charge in [-0.2, -0.15) is 12.6 Å². The molecule has 0 spiro atoms. The third-order valence-corrected chi connectivity index (χ3v) is 2.75. The molecule has 1 saturated carbocycles. The minimum absolute atomic E-state index is 0.295. The minimum atomic E-state index is -0.404. The zero-order valence-electron chi connectivity index (χ0n) is 9.75. The molecule has 0 unspecified atom stereocenters. The van der Waals surface area contributed by atoms with E-state index in [2.05, 4.69) is 17.9 Å². The van der Waals surface area contributed by atoms with E-state index in [1.54, 1.807) is 0 Å². The molecule has 0 aliphatic heterocycles. The number of carbonyl (C=O) groups excluding carboxylic acids is 1. The Labute approximate surface area is 97.4 Å². The van der Waals surface area contributed by atoms with Gasteiger partial charge in [-0.15, -0.1) is 0 Å². The van der Waals surface area contributed by atoms with Crippen molar-refractivity contribution in [3.8, 4) is 0 Å². The Hall–Kier alpha value is -0.380. The summed E-state index contributed by atoms with van der Waals surface area (Å²) in [5.74, 6) is 1.67. The van der Waals surface area contributed by atoms with Crippen LogP contribution in [0.1, 0.15) is 40.0 Å². The summed E-state index contributed by atoms with van der Waals surface area (Å²) < 4.78 is 5.17. The average molecular weight is 231 g/mol. The zero-order chi connectivity index (χ0) is 11.5. The Morgan fingerprint density at radius 2 is 2.07 bits per heavy atom. The summed E-state index contributed by atoms with van der Waals surface area (Å²) in [6.45, 7) is 5.62. The van der Waals surface area contributed by atoms with Gasteiger partial charge in [0.05, 0.1) is 0 Å². The number of amides is 1. The average Bonchev–Trinajstić information content (AvgIpc) is 1.97. The Kier molecular flexibility index (Phi) is 4.32. The molecule has 1 fully saturated rings. The molecule has 88 valence electrons. The van der Waals surface area contributed by atoms with E-state index in [0.717, 1.165) is 30.9 Å².